The zero-order valence-electron chi connectivity index (χ0n) is 35.8. The third kappa shape index (κ3) is 11.1. The number of rotatable bonds is 17. The molecular formula is C42H57N13O6. The molecule has 0 unspecified atom stereocenters. The molecule has 326 valence electrons. The predicted octanol–water partition coefficient (Wildman–Crippen LogP) is 3.95. The minimum absolute atomic E-state index is 0.294. The largest absolute Gasteiger partial charge is 0.494 e. The molecule has 1 amide bonds. The molecule has 6 aromatic rings. The first kappa shape index (κ1) is 47.0. The number of carbonyl (C=O) groups is 4. The molecule has 4 aromatic heterocycles. The quantitative estimate of drug-likeness (QED) is 0.0645. The lowest BCUT2D eigenvalue weighted by Gasteiger charge is -2.26. The fourth-order valence-electron chi connectivity index (χ4n) is 6.65. The number of aryl methyl sites for hydroxylation is 3. The van der Waals surface area contributed by atoms with Gasteiger partial charge in [-0.1, -0.05) is 12.2 Å². The molecule has 0 spiro atoms. The fourth-order valence-corrected chi connectivity index (χ4v) is 6.65. The monoisotopic (exact) mass is 839 g/mol. The topological polar surface area (TPSA) is 246 Å². The summed E-state index contributed by atoms with van der Waals surface area (Å²) in [7, 11) is 6.32. The summed E-state index contributed by atoms with van der Waals surface area (Å²) in [4.78, 5) is 56.3. The number of benzene rings is 2. The van der Waals surface area contributed by atoms with E-state index in [0.717, 1.165) is 56.1 Å². The zero-order chi connectivity index (χ0) is 44.5. The summed E-state index contributed by atoms with van der Waals surface area (Å²) in [5, 5.41) is 17.6. The van der Waals surface area contributed by atoms with Gasteiger partial charge in [-0.2, -0.15) is 10.2 Å². The van der Waals surface area contributed by atoms with E-state index in [-0.39, 0.29) is 5.91 Å². The van der Waals surface area contributed by atoms with Gasteiger partial charge in [0.2, 0.25) is 11.9 Å². The van der Waals surface area contributed by atoms with Crippen LogP contribution in [0.3, 0.4) is 0 Å². The summed E-state index contributed by atoms with van der Waals surface area (Å²) < 4.78 is 19.0. The first-order chi connectivity index (χ1) is 29.7. The third-order valence-corrected chi connectivity index (χ3v) is 9.59. The van der Waals surface area contributed by atoms with E-state index in [1.807, 2.05) is 42.1 Å². The first-order valence-electron chi connectivity index (χ1n) is 19.9. The van der Waals surface area contributed by atoms with Crippen molar-refractivity contribution in [1.29, 1.82) is 0 Å². The number of carbonyl (C=O) groups excluding carboxylic acids is 4. The van der Waals surface area contributed by atoms with E-state index in [1.165, 1.54) is 21.2 Å². The van der Waals surface area contributed by atoms with Gasteiger partial charge in [0.25, 0.3) is 5.91 Å². The number of methoxy groups -OCH3 is 1. The van der Waals surface area contributed by atoms with E-state index >= 15 is 0 Å². The van der Waals surface area contributed by atoms with Crippen LogP contribution in [0.4, 0.5) is 11.9 Å². The highest BCUT2D eigenvalue weighted by Gasteiger charge is 2.21. The highest BCUT2D eigenvalue weighted by atomic mass is 16.5. The highest BCUT2D eigenvalue weighted by Crippen LogP contribution is 2.32. The number of imidazole rings is 2. The van der Waals surface area contributed by atoms with Gasteiger partial charge >= 0.3 is 0 Å². The molecule has 19 heteroatoms. The van der Waals surface area contributed by atoms with E-state index in [1.54, 1.807) is 59.0 Å². The Labute approximate surface area is 354 Å². The van der Waals surface area contributed by atoms with Crippen LogP contribution in [0.25, 0.3) is 22.1 Å². The van der Waals surface area contributed by atoms with Gasteiger partial charge in [-0.15, -0.1) is 0 Å². The van der Waals surface area contributed by atoms with Crippen LogP contribution < -0.4 is 36.9 Å². The van der Waals surface area contributed by atoms with Crippen LogP contribution in [0.2, 0.25) is 0 Å². The summed E-state index contributed by atoms with van der Waals surface area (Å²) in [5.74, 6) is 2.20. The number of anilines is 2. The minimum Gasteiger partial charge on any atom is -0.494 e. The lowest BCUT2D eigenvalue weighted by Crippen LogP contribution is -2.42. The Bertz CT molecular complexity index is 2420. The Morgan fingerprint density at radius 2 is 1.44 bits per heavy atom. The molecule has 1 aliphatic rings. The van der Waals surface area contributed by atoms with E-state index in [2.05, 4.69) is 42.6 Å². The van der Waals surface area contributed by atoms with Crippen molar-refractivity contribution in [1.82, 2.24) is 44.0 Å². The van der Waals surface area contributed by atoms with Crippen molar-refractivity contribution in [3.8, 4) is 11.5 Å². The number of amides is 1. The summed E-state index contributed by atoms with van der Waals surface area (Å²) >= 11 is 0. The van der Waals surface area contributed by atoms with Crippen molar-refractivity contribution >= 4 is 58.7 Å². The number of aldehydes is 3. The van der Waals surface area contributed by atoms with Crippen molar-refractivity contribution in [3.63, 3.8) is 0 Å². The average molecular weight is 840 g/mol. The Hall–Kier alpha value is -6.70. The second-order valence-electron chi connectivity index (χ2n) is 13.3. The predicted molar refractivity (Wildman–Crippen MR) is 236 cm³/mol. The number of hydrogen-bond donors (Lipinski definition) is 5. The van der Waals surface area contributed by atoms with Crippen LogP contribution in [0.5, 0.6) is 11.5 Å². The maximum absolute atomic E-state index is 13.3. The van der Waals surface area contributed by atoms with Crippen LogP contribution in [0.1, 0.15) is 67.7 Å². The third-order valence-electron chi connectivity index (χ3n) is 9.59. The van der Waals surface area contributed by atoms with E-state index < -0.39 is 0 Å². The van der Waals surface area contributed by atoms with Crippen LogP contribution in [0.15, 0.2) is 54.7 Å². The number of allylic oxidation sites excluding steroid dienone is 2. The summed E-state index contributed by atoms with van der Waals surface area (Å²) in [5.41, 5.74) is 14.4. The van der Waals surface area contributed by atoms with Gasteiger partial charge in [0.05, 0.1) is 30.4 Å². The average Bonchev–Trinajstić information content (AvgIpc) is 4.08. The summed E-state index contributed by atoms with van der Waals surface area (Å²) in [6.45, 7) is 10.3. The van der Waals surface area contributed by atoms with Crippen LogP contribution in [0, 0.1) is 12.8 Å². The Morgan fingerprint density at radius 3 is 1.97 bits per heavy atom. The number of ether oxygens (including phenoxy) is 2. The molecule has 1 aliphatic heterocycles. The first-order valence-corrected chi connectivity index (χ1v) is 19.9. The van der Waals surface area contributed by atoms with E-state index in [0.29, 0.717) is 94.6 Å². The molecule has 7 rings (SSSR count). The Morgan fingerprint density at radius 1 is 0.852 bits per heavy atom. The normalized spacial score (nSPS) is 12.0. The smallest absolute Gasteiger partial charge is 0.276 e. The summed E-state index contributed by atoms with van der Waals surface area (Å²) in [6.07, 6.45) is 8.78. The molecule has 61 heavy (non-hydrogen) atoms. The van der Waals surface area contributed by atoms with Gasteiger partial charge in [0.15, 0.2) is 6.29 Å². The molecule has 0 atom stereocenters. The SMILES string of the molecule is CCn1nc(C)cc1C=O.CCn1nccc1C(=O)Nc1nc2cc(C=O)cc(OC)c2n1C/C=C/Cn1c(NC)nc2cc(C=O)cc(OCCC3CNC3)c21.CN.CN. The van der Waals surface area contributed by atoms with Gasteiger partial charge in [-0.05, 0) is 96.7 Å². The van der Waals surface area contributed by atoms with Gasteiger partial charge in [-0.25, -0.2) is 9.97 Å². The number of hydrogen-bond acceptors (Lipinski definition) is 14. The van der Waals surface area contributed by atoms with E-state index in [4.69, 9.17) is 14.5 Å². The molecule has 0 saturated carbocycles. The van der Waals surface area contributed by atoms with Crippen molar-refractivity contribution < 1.29 is 28.7 Å². The number of nitrogens with two attached hydrogens (primary N) is 2. The van der Waals surface area contributed by atoms with E-state index in [9.17, 15) is 19.2 Å². The molecule has 1 fully saturated rings. The molecule has 7 N–H and O–H groups in total. The van der Waals surface area contributed by atoms with Crippen LogP contribution in [-0.2, 0) is 26.2 Å². The minimum atomic E-state index is -0.362. The highest BCUT2D eigenvalue weighted by molar-refractivity contribution is 6.03. The lowest BCUT2D eigenvalue weighted by molar-refractivity contribution is 0.101. The molecule has 19 nitrogen and oxygen atoms in total. The maximum atomic E-state index is 13.3. The Kier molecular flexibility index (Phi) is 17.9. The summed E-state index contributed by atoms with van der Waals surface area (Å²) in [6, 6.07) is 10.2. The van der Waals surface area contributed by atoms with Gasteiger partial charge < -0.3 is 40.7 Å². The van der Waals surface area contributed by atoms with Gasteiger partial charge in [0, 0.05) is 50.6 Å². The van der Waals surface area contributed by atoms with Crippen molar-refractivity contribution in [2.75, 3.05) is 58.6 Å². The molecule has 2 aromatic carbocycles. The van der Waals surface area contributed by atoms with Gasteiger partial charge in [-0.3, -0.25) is 33.9 Å². The Balaban J connectivity index is 0.000000505. The van der Waals surface area contributed by atoms with Crippen molar-refractivity contribution in [2.45, 2.75) is 53.4 Å². The second kappa shape index (κ2) is 23.2. The van der Waals surface area contributed by atoms with Crippen LogP contribution >= 0.6 is 0 Å². The van der Waals surface area contributed by atoms with Gasteiger partial charge in [0.1, 0.15) is 46.5 Å². The molecular weight excluding hydrogens is 783 g/mol. The second-order valence-corrected chi connectivity index (χ2v) is 13.3. The molecule has 0 radical (unpaired) electrons. The van der Waals surface area contributed by atoms with Crippen LogP contribution in [-0.4, -0.2) is 111 Å². The number of aromatic nitrogens is 8. The maximum Gasteiger partial charge on any atom is 0.276 e. The van der Waals surface area contributed by atoms with Crippen molar-refractivity contribution in [3.05, 3.63) is 83.0 Å². The van der Waals surface area contributed by atoms with Crippen molar-refractivity contribution in [2.24, 2.45) is 17.4 Å². The standard InChI is InChI=1S/C33H37N9O5.C7H10N2O.2CH5N/c1-4-42-26(7-9-36-42)31(45)39-33-38-24-13-22(19-43)15-27(46-3)29(24)41(33)11-6-5-10-40-30-25(37-32(40)34-2)14-23(20-44)16-28(30)47-12-8-21-17-35-18-21;1-3-9-7(5-10)4-6(2)8-9;2*1-2/h5-7,9,13-16,19-21,35H,4,8,10-12,17-18H2,1-3H3,(H,34,37)(H,38,39,45);4-5H,3H2,1-2H3;2*2H2,1H3/b6-5+;;;. The molecule has 0 bridgehead atoms. The molecule has 5 heterocycles. The fraction of sp³-hybridized carbons (Fsp3) is 0.381. The lowest BCUT2D eigenvalue weighted by atomic mass is 10.0. The number of nitrogens with zero attached hydrogens (tertiary/aromatic N) is 8. The molecule has 1 saturated heterocycles. The molecule has 0 aliphatic carbocycles. The number of fused-ring (bicyclic) bond motifs is 2. The zero-order valence-corrected chi connectivity index (χ0v) is 35.8. The number of nitrogens with one attached hydrogen (secondary N) is 3.